The van der Waals surface area contributed by atoms with E-state index in [4.69, 9.17) is 15.6 Å². The number of rotatable bonds is 4. The highest BCUT2D eigenvalue weighted by Crippen LogP contribution is 2.20. The van der Waals surface area contributed by atoms with E-state index in [2.05, 4.69) is 4.72 Å². The Hall–Kier alpha value is -1.64. The highest BCUT2D eigenvalue weighted by atomic mass is 32.2. The molecule has 1 heterocycles. The fourth-order valence-corrected chi connectivity index (χ4v) is 3.34. The molecule has 1 saturated heterocycles. The second-order valence-corrected chi connectivity index (χ2v) is 5.92. The van der Waals surface area contributed by atoms with E-state index in [-0.39, 0.29) is 28.8 Å². The Kier molecular flexibility index (Phi) is 3.74. The number of hydrogen-bond acceptors (Lipinski definition) is 5. The van der Waals surface area contributed by atoms with E-state index in [9.17, 15) is 13.2 Å². The van der Waals surface area contributed by atoms with Gasteiger partial charge >= 0.3 is 5.97 Å². The first-order chi connectivity index (χ1) is 8.90. The van der Waals surface area contributed by atoms with Crippen molar-refractivity contribution in [2.45, 2.75) is 17.4 Å². The van der Waals surface area contributed by atoms with E-state index in [0.717, 1.165) is 6.07 Å². The predicted molar refractivity (Wildman–Crippen MR) is 67.4 cm³/mol. The standard InChI is InChI=1S/C11H14N2O5S/c12-7-1-2-9(11(14)15)10(5-7)19(16,17)13-8-3-4-18-6-8/h1-2,5,8,13H,3-4,6,12H2,(H,14,15). The molecule has 1 fully saturated rings. The van der Waals surface area contributed by atoms with Crippen molar-refractivity contribution in [3.05, 3.63) is 23.8 Å². The molecule has 1 aromatic carbocycles. The molecule has 1 unspecified atom stereocenters. The van der Waals surface area contributed by atoms with Gasteiger partial charge in [-0.15, -0.1) is 0 Å². The average molecular weight is 286 g/mol. The molecule has 0 aromatic heterocycles. The molecule has 4 N–H and O–H groups in total. The number of nitrogens with one attached hydrogen (secondary N) is 1. The minimum absolute atomic E-state index is 0.188. The summed E-state index contributed by atoms with van der Waals surface area (Å²) >= 11 is 0. The quantitative estimate of drug-likeness (QED) is 0.672. The Labute approximate surface area is 110 Å². The van der Waals surface area contributed by atoms with E-state index < -0.39 is 16.0 Å². The van der Waals surface area contributed by atoms with Crippen molar-refractivity contribution in [1.82, 2.24) is 4.72 Å². The van der Waals surface area contributed by atoms with Gasteiger partial charge in [0.25, 0.3) is 0 Å². The topological polar surface area (TPSA) is 119 Å². The van der Waals surface area contributed by atoms with E-state index in [1.807, 2.05) is 0 Å². The molecule has 19 heavy (non-hydrogen) atoms. The van der Waals surface area contributed by atoms with Crippen molar-refractivity contribution in [1.29, 1.82) is 0 Å². The fourth-order valence-electron chi connectivity index (χ4n) is 1.85. The van der Waals surface area contributed by atoms with Crippen molar-refractivity contribution in [3.8, 4) is 0 Å². The molecule has 1 aliphatic heterocycles. The summed E-state index contributed by atoms with van der Waals surface area (Å²) in [6, 6.07) is 3.33. The fraction of sp³-hybridized carbons (Fsp3) is 0.364. The Morgan fingerprint density at radius 3 is 2.79 bits per heavy atom. The third-order valence-electron chi connectivity index (χ3n) is 2.78. The molecule has 0 aliphatic carbocycles. The Morgan fingerprint density at radius 2 is 2.21 bits per heavy atom. The lowest BCUT2D eigenvalue weighted by Gasteiger charge is -2.13. The SMILES string of the molecule is Nc1ccc(C(=O)O)c(S(=O)(=O)NC2CCOC2)c1. The van der Waals surface area contributed by atoms with Crippen LogP contribution in [-0.2, 0) is 14.8 Å². The third-order valence-corrected chi connectivity index (χ3v) is 4.34. The first-order valence-electron chi connectivity index (χ1n) is 5.63. The number of nitrogen functional groups attached to an aromatic ring is 1. The van der Waals surface area contributed by atoms with Gasteiger partial charge in [-0.1, -0.05) is 0 Å². The Morgan fingerprint density at radius 1 is 1.47 bits per heavy atom. The third kappa shape index (κ3) is 3.03. The van der Waals surface area contributed by atoms with E-state index in [0.29, 0.717) is 13.0 Å². The van der Waals surface area contributed by atoms with Crippen molar-refractivity contribution in [2.75, 3.05) is 18.9 Å². The first kappa shape index (κ1) is 13.8. The van der Waals surface area contributed by atoms with Crippen LogP contribution in [0.25, 0.3) is 0 Å². The largest absolute Gasteiger partial charge is 0.478 e. The molecular formula is C11H14N2O5S. The van der Waals surface area contributed by atoms with Crippen LogP contribution in [-0.4, -0.2) is 38.7 Å². The van der Waals surface area contributed by atoms with Gasteiger partial charge in [-0.3, -0.25) is 0 Å². The lowest BCUT2D eigenvalue weighted by molar-refractivity contribution is 0.0692. The summed E-state index contributed by atoms with van der Waals surface area (Å²) in [6.07, 6.45) is 0.559. The van der Waals surface area contributed by atoms with Crippen LogP contribution in [0.5, 0.6) is 0 Å². The van der Waals surface area contributed by atoms with Crippen LogP contribution < -0.4 is 10.5 Å². The first-order valence-corrected chi connectivity index (χ1v) is 7.11. The monoisotopic (exact) mass is 286 g/mol. The van der Waals surface area contributed by atoms with Crippen LogP contribution >= 0.6 is 0 Å². The second kappa shape index (κ2) is 5.16. The van der Waals surface area contributed by atoms with Crippen LogP contribution in [0.2, 0.25) is 0 Å². The van der Waals surface area contributed by atoms with Crippen LogP contribution in [0.1, 0.15) is 16.8 Å². The zero-order valence-corrected chi connectivity index (χ0v) is 10.8. The van der Waals surface area contributed by atoms with Gasteiger partial charge in [0.2, 0.25) is 10.0 Å². The number of carboxylic acids is 1. The molecular weight excluding hydrogens is 272 g/mol. The molecule has 104 valence electrons. The molecule has 0 amide bonds. The molecule has 2 rings (SSSR count). The number of hydrogen-bond donors (Lipinski definition) is 3. The highest BCUT2D eigenvalue weighted by Gasteiger charge is 2.27. The molecule has 0 radical (unpaired) electrons. The summed E-state index contributed by atoms with van der Waals surface area (Å²) in [5, 5.41) is 9.02. The molecule has 0 spiro atoms. The minimum atomic E-state index is -3.93. The number of carbonyl (C=O) groups is 1. The number of sulfonamides is 1. The number of nitrogens with two attached hydrogens (primary N) is 1. The summed E-state index contributed by atoms with van der Waals surface area (Å²) in [6.45, 7) is 0.764. The molecule has 1 aromatic rings. The predicted octanol–water partition coefficient (Wildman–Crippen LogP) is 0.0342. The van der Waals surface area contributed by atoms with Crippen molar-refractivity contribution < 1.29 is 23.1 Å². The van der Waals surface area contributed by atoms with Gasteiger partial charge in [-0.05, 0) is 24.6 Å². The maximum absolute atomic E-state index is 12.2. The summed E-state index contributed by atoms with van der Waals surface area (Å²) < 4.78 is 31.9. The number of anilines is 1. The second-order valence-electron chi connectivity index (χ2n) is 4.24. The van der Waals surface area contributed by atoms with E-state index in [1.165, 1.54) is 12.1 Å². The zero-order valence-electron chi connectivity index (χ0n) is 10.00. The van der Waals surface area contributed by atoms with E-state index in [1.54, 1.807) is 0 Å². The van der Waals surface area contributed by atoms with Crippen molar-refractivity contribution >= 4 is 21.7 Å². The lowest BCUT2D eigenvalue weighted by Crippen LogP contribution is -2.35. The minimum Gasteiger partial charge on any atom is -0.478 e. The van der Waals surface area contributed by atoms with Crippen molar-refractivity contribution in [3.63, 3.8) is 0 Å². The van der Waals surface area contributed by atoms with Gasteiger partial charge in [-0.25, -0.2) is 17.9 Å². The van der Waals surface area contributed by atoms with Crippen molar-refractivity contribution in [2.24, 2.45) is 0 Å². The summed E-state index contributed by atoms with van der Waals surface area (Å²) in [4.78, 5) is 10.7. The van der Waals surface area contributed by atoms with Crippen LogP contribution in [0.3, 0.4) is 0 Å². The molecule has 1 aliphatic rings. The molecule has 7 nitrogen and oxygen atoms in total. The number of benzene rings is 1. The van der Waals surface area contributed by atoms with Gasteiger partial charge in [0.1, 0.15) is 0 Å². The molecule has 0 bridgehead atoms. The van der Waals surface area contributed by atoms with Gasteiger partial charge in [-0.2, -0.15) is 0 Å². The smallest absolute Gasteiger partial charge is 0.337 e. The summed E-state index contributed by atoms with van der Waals surface area (Å²) in [7, 11) is -3.93. The Balaban J connectivity index is 2.38. The molecule has 0 saturated carbocycles. The molecule has 8 heteroatoms. The maximum Gasteiger partial charge on any atom is 0.337 e. The van der Waals surface area contributed by atoms with Crippen LogP contribution in [0.4, 0.5) is 5.69 Å². The molecule has 1 atom stereocenters. The van der Waals surface area contributed by atoms with Gasteiger partial charge in [0.15, 0.2) is 0 Å². The summed E-state index contributed by atoms with van der Waals surface area (Å²) in [5.41, 5.74) is 5.41. The lowest BCUT2D eigenvalue weighted by atomic mass is 10.2. The zero-order chi connectivity index (χ0) is 14.0. The Bertz CT molecular complexity index is 593. The van der Waals surface area contributed by atoms with Gasteiger partial charge < -0.3 is 15.6 Å². The van der Waals surface area contributed by atoms with Gasteiger partial charge in [0.05, 0.1) is 17.1 Å². The van der Waals surface area contributed by atoms with E-state index >= 15 is 0 Å². The number of aromatic carboxylic acids is 1. The maximum atomic E-state index is 12.2. The highest BCUT2D eigenvalue weighted by molar-refractivity contribution is 7.89. The average Bonchev–Trinajstić information content (AvgIpc) is 2.80. The normalized spacial score (nSPS) is 19.5. The van der Waals surface area contributed by atoms with Crippen LogP contribution in [0, 0.1) is 0 Å². The number of carboxylic acid groups (broad SMARTS) is 1. The van der Waals surface area contributed by atoms with Crippen LogP contribution in [0.15, 0.2) is 23.1 Å². The summed E-state index contributed by atoms with van der Waals surface area (Å²) in [5.74, 6) is -1.32. The number of ether oxygens (including phenoxy) is 1. The van der Waals surface area contributed by atoms with Gasteiger partial charge in [0, 0.05) is 18.3 Å².